The minimum absolute atomic E-state index is 0.132. The van der Waals surface area contributed by atoms with Gasteiger partial charge in [0.2, 0.25) is 0 Å². The highest BCUT2D eigenvalue weighted by Gasteiger charge is 2.48. The van der Waals surface area contributed by atoms with Gasteiger partial charge in [-0.3, -0.25) is 9.78 Å². The van der Waals surface area contributed by atoms with Gasteiger partial charge < -0.3 is 10.1 Å². The Hall–Kier alpha value is -1.14. The molecule has 1 N–H and O–H groups in total. The fourth-order valence-electron chi connectivity index (χ4n) is 3.02. The lowest BCUT2D eigenvalue weighted by Gasteiger charge is -2.32. The molecule has 2 rings (SSSR count). The van der Waals surface area contributed by atoms with E-state index in [9.17, 15) is 4.79 Å². The second kappa shape index (κ2) is 7.04. The molecule has 1 aromatic rings. The summed E-state index contributed by atoms with van der Waals surface area (Å²) in [5.41, 5.74) is -0.502. The number of carbonyl (C=O) groups excluding carboxylic acids is 1. The lowest BCUT2D eigenvalue weighted by atomic mass is 9.85. The van der Waals surface area contributed by atoms with Gasteiger partial charge in [-0.2, -0.15) is 0 Å². The number of hydrogen-bond donors (Lipinski definition) is 1. The van der Waals surface area contributed by atoms with Crippen molar-refractivity contribution in [2.45, 2.75) is 36.2 Å². The number of likely N-dealkylation sites (N-methyl/N-ethyl adjacent to an activating group) is 1. The Kier molecular flexibility index (Phi) is 5.37. The summed E-state index contributed by atoms with van der Waals surface area (Å²) in [6.07, 6.45) is 9.10. The minimum Gasteiger partial charge on any atom is -0.468 e. The van der Waals surface area contributed by atoms with Crippen molar-refractivity contribution in [1.29, 1.82) is 0 Å². The third kappa shape index (κ3) is 3.12. The summed E-state index contributed by atoms with van der Waals surface area (Å²) in [7, 11) is 3.32. The zero-order valence-corrected chi connectivity index (χ0v) is 12.8. The fraction of sp³-hybridized carbons (Fsp3) is 0.643. The lowest BCUT2D eigenvalue weighted by molar-refractivity contribution is -0.150. The third-order valence-electron chi connectivity index (χ3n) is 4.07. The van der Waals surface area contributed by atoms with Crippen LogP contribution in [0.4, 0.5) is 0 Å². The Labute approximate surface area is 123 Å². The molecule has 0 aromatic carbocycles. The van der Waals surface area contributed by atoms with Crippen molar-refractivity contribution in [1.82, 2.24) is 15.3 Å². The first kappa shape index (κ1) is 15.3. The molecule has 0 amide bonds. The molecule has 2 atom stereocenters. The van der Waals surface area contributed by atoms with Crippen LogP contribution >= 0.6 is 11.8 Å². The van der Waals surface area contributed by atoms with Crippen LogP contribution in [-0.2, 0) is 9.53 Å². The molecule has 0 saturated heterocycles. The van der Waals surface area contributed by atoms with Crippen molar-refractivity contribution in [2.24, 2.45) is 5.92 Å². The molecule has 1 heterocycles. The molecular formula is C14H21N3O2S. The average Bonchev–Trinajstić information content (AvgIpc) is 2.91. The molecular weight excluding hydrogens is 274 g/mol. The number of hydrogen-bond acceptors (Lipinski definition) is 6. The standard InChI is InChI=1S/C14H21N3O2S/c1-15-14(13(18)19-2)6-3-4-11(14)5-9-20-12-10-16-7-8-17-12/h7-8,10-11,15H,3-6,9H2,1-2H3. The second-order valence-electron chi connectivity index (χ2n) is 4.98. The van der Waals surface area contributed by atoms with E-state index >= 15 is 0 Å². The molecule has 2 unspecified atom stereocenters. The van der Waals surface area contributed by atoms with Crippen LogP contribution in [0.3, 0.4) is 0 Å². The maximum Gasteiger partial charge on any atom is 0.326 e. The molecule has 0 bridgehead atoms. The van der Waals surface area contributed by atoms with Crippen molar-refractivity contribution < 1.29 is 9.53 Å². The van der Waals surface area contributed by atoms with Gasteiger partial charge in [-0.15, -0.1) is 11.8 Å². The summed E-state index contributed by atoms with van der Waals surface area (Å²) in [4.78, 5) is 20.4. The largest absolute Gasteiger partial charge is 0.468 e. The van der Waals surface area contributed by atoms with E-state index in [2.05, 4.69) is 15.3 Å². The summed E-state index contributed by atoms with van der Waals surface area (Å²) in [6, 6.07) is 0. The number of thioether (sulfide) groups is 1. The van der Waals surface area contributed by atoms with Crippen LogP contribution in [-0.4, -0.2) is 41.4 Å². The minimum atomic E-state index is -0.502. The number of nitrogens with zero attached hydrogens (tertiary/aromatic N) is 2. The number of ether oxygens (including phenoxy) is 1. The topological polar surface area (TPSA) is 64.1 Å². The second-order valence-corrected chi connectivity index (χ2v) is 6.10. The zero-order chi connectivity index (χ0) is 14.4. The molecule has 1 fully saturated rings. The van der Waals surface area contributed by atoms with Crippen LogP contribution in [0.2, 0.25) is 0 Å². The molecule has 1 aromatic heterocycles. The molecule has 1 saturated carbocycles. The van der Waals surface area contributed by atoms with Crippen LogP contribution in [0.1, 0.15) is 25.7 Å². The number of methoxy groups -OCH3 is 1. The van der Waals surface area contributed by atoms with E-state index < -0.39 is 5.54 Å². The van der Waals surface area contributed by atoms with Crippen LogP contribution in [0.25, 0.3) is 0 Å². The van der Waals surface area contributed by atoms with Gasteiger partial charge in [0.15, 0.2) is 0 Å². The van der Waals surface area contributed by atoms with Crippen molar-refractivity contribution >= 4 is 17.7 Å². The lowest BCUT2D eigenvalue weighted by Crippen LogP contribution is -2.53. The van der Waals surface area contributed by atoms with E-state index in [-0.39, 0.29) is 5.97 Å². The quantitative estimate of drug-likeness (QED) is 0.639. The van der Waals surface area contributed by atoms with E-state index in [4.69, 9.17) is 4.74 Å². The molecule has 0 radical (unpaired) electrons. The van der Waals surface area contributed by atoms with Gasteiger partial charge in [-0.25, -0.2) is 4.98 Å². The van der Waals surface area contributed by atoms with Gasteiger partial charge in [-0.05, 0) is 38.0 Å². The Morgan fingerprint density at radius 1 is 1.60 bits per heavy atom. The first-order valence-electron chi connectivity index (χ1n) is 6.89. The summed E-state index contributed by atoms with van der Waals surface area (Å²) in [5.74, 6) is 1.13. The van der Waals surface area contributed by atoms with E-state index in [1.165, 1.54) is 7.11 Å². The number of aromatic nitrogens is 2. The Balaban J connectivity index is 1.92. The van der Waals surface area contributed by atoms with Crippen molar-refractivity contribution in [2.75, 3.05) is 19.9 Å². The average molecular weight is 295 g/mol. The maximum atomic E-state index is 12.1. The summed E-state index contributed by atoms with van der Waals surface area (Å²) in [5, 5.41) is 4.14. The van der Waals surface area contributed by atoms with Crippen LogP contribution in [0.15, 0.2) is 23.6 Å². The van der Waals surface area contributed by atoms with Crippen molar-refractivity contribution in [3.05, 3.63) is 18.6 Å². The van der Waals surface area contributed by atoms with E-state index in [1.807, 2.05) is 7.05 Å². The number of carbonyl (C=O) groups is 1. The Morgan fingerprint density at radius 2 is 2.45 bits per heavy atom. The molecule has 0 aliphatic heterocycles. The van der Waals surface area contributed by atoms with Crippen LogP contribution in [0.5, 0.6) is 0 Å². The highest BCUT2D eigenvalue weighted by molar-refractivity contribution is 7.99. The first-order valence-corrected chi connectivity index (χ1v) is 7.87. The van der Waals surface area contributed by atoms with E-state index in [1.54, 1.807) is 30.4 Å². The zero-order valence-electron chi connectivity index (χ0n) is 12.0. The monoisotopic (exact) mass is 295 g/mol. The predicted octanol–water partition coefficient (Wildman–Crippen LogP) is 1.89. The van der Waals surface area contributed by atoms with E-state index in [0.717, 1.165) is 36.5 Å². The Morgan fingerprint density at radius 3 is 3.10 bits per heavy atom. The van der Waals surface area contributed by atoms with E-state index in [0.29, 0.717) is 5.92 Å². The molecule has 20 heavy (non-hydrogen) atoms. The molecule has 1 aliphatic carbocycles. The summed E-state index contributed by atoms with van der Waals surface area (Å²) < 4.78 is 4.99. The number of esters is 1. The van der Waals surface area contributed by atoms with Crippen LogP contribution in [0, 0.1) is 5.92 Å². The SMILES string of the molecule is CNC1(C(=O)OC)CCCC1CCSc1cnccn1. The van der Waals surface area contributed by atoms with Gasteiger partial charge in [0, 0.05) is 12.4 Å². The summed E-state index contributed by atoms with van der Waals surface area (Å²) >= 11 is 1.68. The molecule has 5 nitrogen and oxygen atoms in total. The molecule has 1 aliphatic rings. The van der Waals surface area contributed by atoms with Gasteiger partial charge in [0.1, 0.15) is 10.6 Å². The maximum absolute atomic E-state index is 12.1. The molecule has 110 valence electrons. The highest BCUT2D eigenvalue weighted by atomic mass is 32.2. The van der Waals surface area contributed by atoms with Gasteiger partial charge >= 0.3 is 5.97 Å². The van der Waals surface area contributed by atoms with Gasteiger partial charge in [0.05, 0.1) is 13.3 Å². The molecule has 6 heteroatoms. The molecule has 0 spiro atoms. The number of nitrogens with one attached hydrogen (secondary N) is 1. The van der Waals surface area contributed by atoms with Crippen molar-refractivity contribution in [3.8, 4) is 0 Å². The fourth-order valence-corrected chi connectivity index (χ4v) is 3.90. The van der Waals surface area contributed by atoms with Gasteiger partial charge in [0.25, 0.3) is 0 Å². The van der Waals surface area contributed by atoms with Gasteiger partial charge in [-0.1, -0.05) is 6.42 Å². The van der Waals surface area contributed by atoms with Crippen molar-refractivity contribution in [3.63, 3.8) is 0 Å². The normalized spacial score (nSPS) is 25.6. The predicted molar refractivity (Wildman–Crippen MR) is 78.5 cm³/mol. The number of rotatable bonds is 6. The summed E-state index contributed by atoms with van der Waals surface area (Å²) in [6.45, 7) is 0. The third-order valence-corrected chi connectivity index (χ3v) is 5.02. The highest BCUT2D eigenvalue weighted by Crippen LogP contribution is 2.39. The Bertz CT molecular complexity index is 443. The first-order chi connectivity index (χ1) is 9.73. The van der Waals surface area contributed by atoms with Crippen LogP contribution < -0.4 is 5.32 Å². The smallest absolute Gasteiger partial charge is 0.326 e.